The van der Waals surface area contributed by atoms with Crippen LogP contribution in [0.4, 0.5) is 0 Å². The molecule has 0 bridgehead atoms. The van der Waals surface area contributed by atoms with E-state index in [0.29, 0.717) is 18.4 Å². The summed E-state index contributed by atoms with van der Waals surface area (Å²) in [7, 11) is 0. The van der Waals surface area contributed by atoms with Crippen LogP contribution in [0.1, 0.15) is 61.5 Å². The van der Waals surface area contributed by atoms with Crippen molar-refractivity contribution in [2.75, 3.05) is 19.6 Å². The van der Waals surface area contributed by atoms with Gasteiger partial charge in [0.25, 0.3) is 0 Å². The molecule has 5 heteroatoms. The highest BCUT2D eigenvalue weighted by molar-refractivity contribution is 5.79. The number of rotatable bonds is 2. The third-order valence-electron chi connectivity index (χ3n) is 5.63. The number of hydrogen-bond acceptors (Lipinski definition) is 4. The highest BCUT2D eigenvalue weighted by Gasteiger charge is 2.30. The van der Waals surface area contributed by atoms with Gasteiger partial charge in [0.15, 0.2) is 0 Å². The Labute approximate surface area is 137 Å². The van der Waals surface area contributed by atoms with Gasteiger partial charge in [-0.1, -0.05) is 12.8 Å². The van der Waals surface area contributed by atoms with Crippen molar-refractivity contribution in [1.82, 2.24) is 20.2 Å². The van der Waals surface area contributed by atoms with Gasteiger partial charge in [-0.2, -0.15) is 0 Å². The van der Waals surface area contributed by atoms with Crippen LogP contribution in [-0.4, -0.2) is 40.4 Å². The zero-order chi connectivity index (χ0) is 15.6. The minimum Gasteiger partial charge on any atom is -0.338 e. The number of carbonyl (C=O) groups is 1. The fraction of sp³-hybridized carbons (Fsp3) is 0.722. The Bertz CT molecular complexity index is 576. The number of carbonyl (C=O) groups excluding carboxylic acids is 1. The predicted molar refractivity (Wildman–Crippen MR) is 88.0 cm³/mol. The minimum atomic E-state index is 0.269. The molecule has 23 heavy (non-hydrogen) atoms. The lowest BCUT2D eigenvalue weighted by molar-refractivity contribution is -0.136. The van der Waals surface area contributed by atoms with Crippen LogP contribution in [0.5, 0.6) is 0 Å². The summed E-state index contributed by atoms with van der Waals surface area (Å²) >= 11 is 0. The number of nitrogens with zero attached hydrogens (tertiary/aromatic N) is 3. The summed E-state index contributed by atoms with van der Waals surface area (Å²) in [5.41, 5.74) is 2.31. The molecule has 3 heterocycles. The van der Waals surface area contributed by atoms with Gasteiger partial charge in [-0.05, 0) is 32.2 Å². The van der Waals surface area contributed by atoms with Gasteiger partial charge in [0.1, 0.15) is 5.82 Å². The maximum Gasteiger partial charge on any atom is 0.225 e. The molecule has 124 valence electrons. The van der Waals surface area contributed by atoms with Crippen molar-refractivity contribution < 1.29 is 4.79 Å². The van der Waals surface area contributed by atoms with Crippen molar-refractivity contribution in [3.05, 3.63) is 23.3 Å². The molecule has 5 nitrogen and oxygen atoms in total. The van der Waals surface area contributed by atoms with Gasteiger partial charge in [0, 0.05) is 49.7 Å². The molecule has 1 atom stereocenters. The predicted octanol–water partition coefficient (Wildman–Crippen LogP) is 2.02. The van der Waals surface area contributed by atoms with E-state index in [1.807, 2.05) is 11.1 Å². The summed E-state index contributed by atoms with van der Waals surface area (Å²) in [5, 5.41) is 3.43. The smallest absolute Gasteiger partial charge is 0.225 e. The fourth-order valence-corrected chi connectivity index (χ4v) is 4.22. The minimum absolute atomic E-state index is 0.269. The zero-order valence-electron chi connectivity index (χ0n) is 13.8. The SMILES string of the molecule is O=C(C1CCCC1)N1CCc2nc(C3CCCNC3)ncc2C1. The van der Waals surface area contributed by atoms with Gasteiger partial charge in [-0.3, -0.25) is 4.79 Å². The maximum atomic E-state index is 12.6. The summed E-state index contributed by atoms with van der Waals surface area (Å²) < 4.78 is 0. The highest BCUT2D eigenvalue weighted by Crippen LogP contribution is 2.29. The summed E-state index contributed by atoms with van der Waals surface area (Å²) in [6.07, 6.45) is 9.81. The molecule has 1 aliphatic carbocycles. The first kappa shape index (κ1) is 15.1. The molecule has 3 aliphatic rings. The molecule has 4 rings (SSSR count). The van der Waals surface area contributed by atoms with Crippen LogP contribution in [0.2, 0.25) is 0 Å². The number of aromatic nitrogens is 2. The first-order valence-electron chi connectivity index (χ1n) is 9.15. The second-order valence-electron chi connectivity index (χ2n) is 7.23. The molecule has 2 fully saturated rings. The molecule has 1 saturated carbocycles. The van der Waals surface area contributed by atoms with Gasteiger partial charge in [0.2, 0.25) is 5.91 Å². The van der Waals surface area contributed by atoms with Gasteiger partial charge >= 0.3 is 0 Å². The van der Waals surface area contributed by atoms with Gasteiger partial charge < -0.3 is 10.2 Å². The quantitative estimate of drug-likeness (QED) is 0.907. The fourth-order valence-electron chi connectivity index (χ4n) is 4.22. The van der Waals surface area contributed by atoms with Crippen LogP contribution in [0.25, 0.3) is 0 Å². The molecule has 1 N–H and O–H groups in total. The van der Waals surface area contributed by atoms with Crippen LogP contribution >= 0.6 is 0 Å². The van der Waals surface area contributed by atoms with E-state index in [9.17, 15) is 4.79 Å². The highest BCUT2D eigenvalue weighted by atomic mass is 16.2. The summed E-state index contributed by atoms with van der Waals surface area (Å²) in [4.78, 5) is 24.1. The third kappa shape index (κ3) is 3.11. The number of hydrogen-bond donors (Lipinski definition) is 1. The molecular formula is C18H26N4O. The first-order chi connectivity index (χ1) is 11.3. The van der Waals surface area contributed by atoms with Crippen molar-refractivity contribution in [2.45, 2.75) is 57.4 Å². The van der Waals surface area contributed by atoms with E-state index in [2.05, 4.69) is 10.3 Å². The lowest BCUT2D eigenvalue weighted by Gasteiger charge is -2.31. The average Bonchev–Trinajstić information content (AvgIpc) is 3.15. The lowest BCUT2D eigenvalue weighted by Crippen LogP contribution is -2.39. The molecule has 1 amide bonds. The van der Waals surface area contributed by atoms with E-state index < -0.39 is 0 Å². The Kier molecular flexibility index (Phi) is 4.29. The van der Waals surface area contributed by atoms with Crippen LogP contribution in [0.15, 0.2) is 6.20 Å². The molecular weight excluding hydrogens is 288 g/mol. The van der Waals surface area contributed by atoms with Crippen molar-refractivity contribution in [1.29, 1.82) is 0 Å². The normalized spacial score (nSPS) is 25.4. The van der Waals surface area contributed by atoms with Crippen molar-refractivity contribution in [3.8, 4) is 0 Å². The van der Waals surface area contributed by atoms with Crippen LogP contribution in [-0.2, 0) is 17.8 Å². The number of piperidine rings is 1. The topological polar surface area (TPSA) is 58.1 Å². The summed E-state index contributed by atoms with van der Waals surface area (Å²) in [6, 6.07) is 0. The van der Waals surface area contributed by atoms with E-state index >= 15 is 0 Å². The molecule has 1 saturated heterocycles. The van der Waals surface area contributed by atoms with Gasteiger partial charge in [-0.25, -0.2) is 9.97 Å². The first-order valence-corrected chi connectivity index (χ1v) is 9.15. The molecule has 0 radical (unpaired) electrons. The van der Waals surface area contributed by atoms with Crippen molar-refractivity contribution in [3.63, 3.8) is 0 Å². The van der Waals surface area contributed by atoms with Crippen LogP contribution in [0, 0.1) is 5.92 Å². The second-order valence-corrected chi connectivity index (χ2v) is 7.23. The van der Waals surface area contributed by atoms with E-state index in [-0.39, 0.29) is 5.92 Å². The molecule has 1 aromatic rings. The van der Waals surface area contributed by atoms with Crippen LogP contribution in [0.3, 0.4) is 0 Å². The van der Waals surface area contributed by atoms with E-state index in [1.54, 1.807) is 0 Å². The van der Waals surface area contributed by atoms with E-state index in [0.717, 1.165) is 56.0 Å². The van der Waals surface area contributed by atoms with E-state index in [4.69, 9.17) is 4.98 Å². The lowest BCUT2D eigenvalue weighted by atomic mass is 9.97. The molecule has 1 unspecified atom stereocenters. The molecule has 2 aliphatic heterocycles. The van der Waals surface area contributed by atoms with Gasteiger partial charge in [0.05, 0.1) is 5.69 Å². The maximum absolute atomic E-state index is 12.6. The number of nitrogens with one attached hydrogen (secondary N) is 1. The monoisotopic (exact) mass is 314 g/mol. The Morgan fingerprint density at radius 1 is 1.22 bits per heavy atom. The average molecular weight is 314 g/mol. The zero-order valence-corrected chi connectivity index (χ0v) is 13.8. The molecule has 1 aromatic heterocycles. The Hall–Kier alpha value is -1.49. The molecule has 0 spiro atoms. The van der Waals surface area contributed by atoms with Crippen molar-refractivity contribution >= 4 is 5.91 Å². The number of amides is 1. The number of fused-ring (bicyclic) bond motifs is 1. The van der Waals surface area contributed by atoms with E-state index in [1.165, 1.54) is 25.7 Å². The van der Waals surface area contributed by atoms with Crippen molar-refractivity contribution in [2.24, 2.45) is 5.92 Å². The Balaban J connectivity index is 1.46. The second kappa shape index (κ2) is 6.56. The van der Waals surface area contributed by atoms with Crippen LogP contribution < -0.4 is 5.32 Å². The summed E-state index contributed by atoms with van der Waals surface area (Å²) in [6.45, 7) is 3.63. The van der Waals surface area contributed by atoms with Gasteiger partial charge in [-0.15, -0.1) is 0 Å². The largest absolute Gasteiger partial charge is 0.338 e. The standard InChI is InChI=1S/C18H26N4O/c23-18(13-4-1-2-5-13)22-9-7-16-15(12-22)11-20-17(21-16)14-6-3-8-19-10-14/h11,13-14,19H,1-10,12H2. The third-order valence-corrected chi connectivity index (χ3v) is 5.63. The molecule has 0 aromatic carbocycles. The summed E-state index contributed by atoms with van der Waals surface area (Å²) in [5.74, 6) is 2.07. The Morgan fingerprint density at radius 2 is 2.09 bits per heavy atom. The Morgan fingerprint density at radius 3 is 2.87 bits per heavy atom.